The second kappa shape index (κ2) is 9.85. The highest BCUT2D eigenvalue weighted by Gasteiger charge is 2.28. The maximum atomic E-state index is 13.2. The molecule has 0 unspecified atom stereocenters. The van der Waals surface area contributed by atoms with Crippen LogP contribution in [0.5, 0.6) is 5.75 Å². The third-order valence-electron chi connectivity index (χ3n) is 5.60. The van der Waals surface area contributed by atoms with Gasteiger partial charge < -0.3 is 10.1 Å². The number of benzene rings is 3. The zero-order valence-electron chi connectivity index (χ0n) is 18.2. The smallest absolute Gasteiger partial charge is 0.264 e. The first kappa shape index (κ1) is 23.1. The molecule has 8 heteroatoms. The maximum Gasteiger partial charge on any atom is 0.264 e. The molecule has 1 aliphatic rings. The first-order chi connectivity index (χ1) is 15.8. The zero-order valence-corrected chi connectivity index (χ0v) is 19.8. The lowest BCUT2D eigenvalue weighted by Crippen LogP contribution is -2.35. The van der Waals surface area contributed by atoms with Crippen molar-refractivity contribution in [2.75, 3.05) is 17.5 Å². The molecule has 0 fully saturated rings. The molecule has 0 saturated carbocycles. The number of nitrogens with zero attached hydrogens (tertiary/aromatic N) is 1. The van der Waals surface area contributed by atoms with Crippen LogP contribution in [0.2, 0.25) is 5.02 Å². The highest BCUT2D eigenvalue weighted by molar-refractivity contribution is 7.92. The second-order valence-electron chi connectivity index (χ2n) is 7.91. The molecule has 0 bridgehead atoms. The monoisotopic (exact) mass is 484 g/mol. The molecule has 1 N–H and O–H groups in total. The summed E-state index contributed by atoms with van der Waals surface area (Å²) in [5.41, 5.74) is 2.70. The molecule has 1 heterocycles. The number of carbonyl (C=O) groups is 1. The van der Waals surface area contributed by atoms with Crippen LogP contribution in [0.15, 0.2) is 77.7 Å². The summed E-state index contributed by atoms with van der Waals surface area (Å²) in [7, 11) is -3.68. The molecule has 4 rings (SSSR count). The number of sulfonamides is 1. The van der Waals surface area contributed by atoms with Gasteiger partial charge in [0.05, 0.1) is 16.6 Å². The van der Waals surface area contributed by atoms with Gasteiger partial charge in [-0.15, -0.1) is 0 Å². The summed E-state index contributed by atoms with van der Waals surface area (Å²) >= 11 is 5.90. The van der Waals surface area contributed by atoms with Crippen molar-refractivity contribution in [1.82, 2.24) is 5.32 Å². The van der Waals surface area contributed by atoms with Crippen LogP contribution in [0.1, 0.15) is 30.5 Å². The molecule has 1 amide bonds. The number of hydrogen-bond acceptors (Lipinski definition) is 4. The normalized spacial score (nSPS) is 14.3. The molecule has 0 aromatic heterocycles. The van der Waals surface area contributed by atoms with Gasteiger partial charge in [-0.05, 0) is 73.4 Å². The molecule has 1 aliphatic heterocycles. The molecule has 0 aliphatic carbocycles. The Morgan fingerprint density at radius 3 is 2.48 bits per heavy atom. The van der Waals surface area contributed by atoms with Crippen molar-refractivity contribution in [1.29, 1.82) is 0 Å². The van der Waals surface area contributed by atoms with E-state index in [1.165, 1.54) is 16.4 Å². The number of carbonyl (C=O) groups excluding carboxylic acids is 1. The highest BCUT2D eigenvalue weighted by atomic mass is 35.5. The number of aryl methyl sites for hydroxylation is 1. The molecule has 0 saturated heterocycles. The number of halogens is 1. The van der Waals surface area contributed by atoms with E-state index in [1.54, 1.807) is 24.3 Å². The minimum atomic E-state index is -3.68. The van der Waals surface area contributed by atoms with E-state index in [0.29, 0.717) is 17.3 Å². The van der Waals surface area contributed by atoms with Gasteiger partial charge in [-0.3, -0.25) is 9.10 Å². The Hall–Kier alpha value is -3.03. The van der Waals surface area contributed by atoms with Gasteiger partial charge >= 0.3 is 0 Å². The number of amides is 1. The van der Waals surface area contributed by atoms with Gasteiger partial charge in [-0.1, -0.05) is 41.9 Å². The zero-order chi connectivity index (χ0) is 23.4. The number of rotatable bonds is 7. The fourth-order valence-electron chi connectivity index (χ4n) is 3.85. The summed E-state index contributed by atoms with van der Waals surface area (Å²) in [5.74, 6) is 0.140. The van der Waals surface area contributed by atoms with Gasteiger partial charge in [-0.2, -0.15) is 0 Å². The van der Waals surface area contributed by atoms with Crippen LogP contribution in [0.25, 0.3) is 0 Å². The summed E-state index contributed by atoms with van der Waals surface area (Å²) in [5, 5.41) is 3.50. The molecule has 3 aromatic rings. The fourth-order valence-corrected chi connectivity index (χ4v) is 5.52. The van der Waals surface area contributed by atoms with Crippen molar-refractivity contribution in [2.45, 2.75) is 30.7 Å². The van der Waals surface area contributed by atoms with Crippen molar-refractivity contribution in [3.8, 4) is 5.75 Å². The van der Waals surface area contributed by atoms with Crippen molar-refractivity contribution < 1.29 is 17.9 Å². The van der Waals surface area contributed by atoms with Crippen molar-refractivity contribution >= 4 is 33.2 Å². The van der Waals surface area contributed by atoms with Crippen LogP contribution in [-0.4, -0.2) is 27.5 Å². The van der Waals surface area contributed by atoms with E-state index in [-0.39, 0.29) is 23.5 Å². The Kier molecular flexibility index (Phi) is 6.91. The topological polar surface area (TPSA) is 75.7 Å². The fraction of sp³-hybridized carbons (Fsp3) is 0.240. The van der Waals surface area contributed by atoms with E-state index in [4.69, 9.17) is 16.3 Å². The standard InChI is InChI=1S/C25H25ClN2O4S/c1-18(19-8-10-21(26)11-9-19)27-25(29)17-32-22-12-14-23(15-13-22)33(30,31)28-16-4-6-20-5-2-3-7-24(20)28/h2-3,5,7-15,18H,4,6,16-17H2,1H3,(H,27,29)/t18-/m1/s1. The van der Waals surface area contributed by atoms with Crippen LogP contribution in [0.4, 0.5) is 5.69 Å². The third kappa shape index (κ3) is 5.31. The number of nitrogens with one attached hydrogen (secondary N) is 1. The number of anilines is 1. The lowest BCUT2D eigenvalue weighted by Gasteiger charge is -2.30. The van der Waals surface area contributed by atoms with Crippen molar-refractivity contribution in [2.24, 2.45) is 0 Å². The second-order valence-corrected chi connectivity index (χ2v) is 10.2. The molecule has 6 nitrogen and oxygen atoms in total. The van der Waals surface area contributed by atoms with E-state index in [9.17, 15) is 13.2 Å². The molecule has 33 heavy (non-hydrogen) atoms. The molecule has 0 spiro atoms. The van der Waals surface area contributed by atoms with E-state index < -0.39 is 10.0 Å². The minimum absolute atomic E-state index is 0.177. The average molecular weight is 485 g/mol. The Balaban J connectivity index is 1.37. The summed E-state index contributed by atoms with van der Waals surface area (Å²) in [6, 6.07) is 20.8. The maximum absolute atomic E-state index is 13.2. The average Bonchev–Trinajstić information content (AvgIpc) is 2.83. The summed E-state index contributed by atoms with van der Waals surface area (Å²) in [4.78, 5) is 12.4. The van der Waals surface area contributed by atoms with E-state index in [0.717, 1.165) is 29.7 Å². The number of para-hydroxylation sites is 1. The summed E-state index contributed by atoms with van der Waals surface area (Å²) in [6.07, 6.45) is 1.65. The first-order valence-electron chi connectivity index (χ1n) is 10.7. The van der Waals surface area contributed by atoms with Gasteiger partial charge in [-0.25, -0.2) is 8.42 Å². The predicted octanol–water partition coefficient (Wildman–Crippen LogP) is 4.74. The molecule has 3 aromatic carbocycles. The lowest BCUT2D eigenvalue weighted by atomic mass is 10.0. The van der Waals surface area contributed by atoms with Gasteiger partial charge in [0.2, 0.25) is 0 Å². The Bertz CT molecular complexity index is 1230. The van der Waals surface area contributed by atoms with Gasteiger partial charge in [0.15, 0.2) is 6.61 Å². The van der Waals surface area contributed by atoms with Crippen LogP contribution in [0, 0.1) is 0 Å². The van der Waals surface area contributed by atoms with Crippen LogP contribution < -0.4 is 14.4 Å². The Morgan fingerprint density at radius 2 is 1.76 bits per heavy atom. The number of hydrogen-bond donors (Lipinski definition) is 1. The van der Waals surface area contributed by atoms with E-state index in [2.05, 4.69) is 5.32 Å². The predicted molar refractivity (Wildman–Crippen MR) is 129 cm³/mol. The SMILES string of the molecule is C[C@@H](NC(=O)COc1ccc(S(=O)(=O)N2CCCc3ccccc32)cc1)c1ccc(Cl)cc1. The van der Waals surface area contributed by atoms with Gasteiger partial charge in [0.25, 0.3) is 15.9 Å². The largest absolute Gasteiger partial charge is 0.484 e. The molecule has 1 atom stereocenters. The van der Waals surface area contributed by atoms with Gasteiger partial charge in [0.1, 0.15) is 5.75 Å². The highest BCUT2D eigenvalue weighted by Crippen LogP contribution is 2.32. The molecule has 0 radical (unpaired) electrons. The van der Waals surface area contributed by atoms with E-state index in [1.807, 2.05) is 43.3 Å². The summed E-state index contributed by atoms with van der Waals surface area (Å²) < 4.78 is 33.5. The minimum Gasteiger partial charge on any atom is -0.484 e. The Labute approximate surface area is 199 Å². The molecular weight excluding hydrogens is 460 g/mol. The van der Waals surface area contributed by atoms with Crippen LogP contribution in [0.3, 0.4) is 0 Å². The van der Waals surface area contributed by atoms with Crippen molar-refractivity contribution in [3.63, 3.8) is 0 Å². The van der Waals surface area contributed by atoms with E-state index >= 15 is 0 Å². The van der Waals surface area contributed by atoms with Gasteiger partial charge in [0, 0.05) is 11.6 Å². The molecular formula is C25H25ClN2O4S. The molecule has 172 valence electrons. The quantitative estimate of drug-likeness (QED) is 0.525. The van der Waals surface area contributed by atoms with Crippen molar-refractivity contribution in [3.05, 3.63) is 88.9 Å². The lowest BCUT2D eigenvalue weighted by molar-refractivity contribution is -0.123. The Morgan fingerprint density at radius 1 is 1.06 bits per heavy atom. The van der Waals surface area contributed by atoms with Crippen LogP contribution >= 0.6 is 11.6 Å². The third-order valence-corrected chi connectivity index (χ3v) is 7.68. The van der Waals surface area contributed by atoms with Crippen LogP contribution in [-0.2, 0) is 21.2 Å². The number of fused-ring (bicyclic) bond motifs is 1. The number of ether oxygens (including phenoxy) is 1. The summed E-state index contributed by atoms with van der Waals surface area (Å²) in [6.45, 7) is 2.15. The first-order valence-corrected chi connectivity index (χ1v) is 12.5.